The third-order valence-corrected chi connectivity index (χ3v) is 1.58. The lowest BCUT2D eigenvalue weighted by Crippen LogP contribution is -2.33. The van der Waals surface area contributed by atoms with Gasteiger partial charge in [0.2, 0.25) is 0 Å². The Balaban J connectivity index is 0. The Bertz CT molecular complexity index is 173. The molecule has 0 amide bonds. The van der Waals surface area contributed by atoms with Crippen LogP contribution in [0.5, 0.6) is 0 Å². The molecule has 0 saturated heterocycles. The molecule has 1 atom stereocenters. The summed E-state index contributed by atoms with van der Waals surface area (Å²) >= 11 is 0. The van der Waals surface area contributed by atoms with Crippen LogP contribution in [0.3, 0.4) is 0 Å². The maximum Gasteiger partial charge on any atom is 0.0865 e. The Morgan fingerprint density at radius 3 is 2.46 bits per heavy atom. The van der Waals surface area contributed by atoms with Gasteiger partial charge in [0.1, 0.15) is 0 Å². The quantitative estimate of drug-likeness (QED) is 0.589. The minimum atomic E-state index is -0.231. The van der Waals surface area contributed by atoms with Crippen LogP contribution in [0.25, 0.3) is 0 Å². The first-order chi connectivity index (χ1) is 5.49. The van der Waals surface area contributed by atoms with Gasteiger partial charge in [-0.15, -0.1) is 12.4 Å². The predicted octanol–water partition coefficient (Wildman–Crippen LogP) is 1.04. The van der Waals surface area contributed by atoms with Gasteiger partial charge in [0.15, 0.2) is 0 Å². The van der Waals surface area contributed by atoms with Crippen molar-refractivity contribution in [2.24, 2.45) is 10.7 Å². The SMILES string of the molecule is CC(C)(N)CCC(CO)N=C=N.Cl. The highest BCUT2D eigenvalue weighted by Gasteiger charge is 2.13. The molecule has 4 N–H and O–H groups in total. The lowest BCUT2D eigenvalue weighted by Gasteiger charge is -2.19. The van der Waals surface area contributed by atoms with Crippen molar-refractivity contribution in [1.82, 2.24) is 0 Å². The van der Waals surface area contributed by atoms with E-state index in [1.165, 1.54) is 0 Å². The molecule has 78 valence electrons. The van der Waals surface area contributed by atoms with Crippen LogP contribution in [0.1, 0.15) is 26.7 Å². The molecule has 0 rings (SSSR count). The molecule has 13 heavy (non-hydrogen) atoms. The monoisotopic (exact) mass is 207 g/mol. The maximum absolute atomic E-state index is 8.80. The molecule has 0 aliphatic heterocycles. The fraction of sp³-hybridized carbons (Fsp3) is 0.875. The van der Waals surface area contributed by atoms with Crippen LogP contribution >= 0.6 is 12.4 Å². The maximum atomic E-state index is 8.80. The second-order valence-corrected chi connectivity index (χ2v) is 3.60. The molecule has 5 heteroatoms. The summed E-state index contributed by atoms with van der Waals surface area (Å²) in [5, 5.41) is 15.4. The van der Waals surface area contributed by atoms with Crippen molar-refractivity contribution in [2.75, 3.05) is 6.61 Å². The van der Waals surface area contributed by atoms with Gasteiger partial charge >= 0.3 is 0 Å². The molecule has 0 aromatic heterocycles. The van der Waals surface area contributed by atoms with Gasteiger partial charge in [-0.1, -0.05) is 0 Å². The van der Waals surface area contributed by atoms with Gasteiger partial charge in [-0.25, -0.2) is 10.4 Å². The number of nitrogens with one attached hydrogen (secondary N) is 1. The van der Waals surface area contributed by atoms with E-state index in [1.807, 2.05) is 19.9 Å². The number of aliphatic hydroxyl groups excluding tert-OH is 1. The average Bonchev–Trinajstić information content (AvgIpc) is 1.96. The van der Waals surface area contributed by atoms with Gasteiger partial charge in [0, 0.05) is 5.54 Å². The zero-order valence-corrected chi connectivity index (χ0v) is 8.90. The smallest absolute Gasteiger partial charge is 0.0865 e. The first-order valence-electron chi connectivity index (χ1n) is 4.01. The Hall–Kier alpha value is -0.410. The van der Waals surface area contributed by atoms with Gasteiger partial charge in [0.05, 0.1) is 18.7 Å². The second-order valence-electron chi connectivity index (χ2n) is 3.60. The van der Waals surface area contributed by atoms with Gasteiger partial charge < -0.3 is 10.8 Å². The number of nitrogens with zero attached hydrogens (tertiary/aromatic N) is 1. The van der Waals surface area contributed by atoms with Crippen LogP contribution in [0, 0.1) is 5.41 Å². The minimum absolute atomic E-state index is 0. The van der Waals surface area contributed by atoms with E-state index in [0.29, 0.717) is 6.42 Å². The first-order valence-corrected chi connectivity index (χ1v) is 4.01. The zero-order chi connectivity index (χ0) is 9.61. The van der Waals surface area contributed by atoms with E-state index in [1.54, 1.807) is 0 Å². The standard InChI is InChI=1S/C8H17N3O.ClH/c1-8(2,10)4-3-7(5-12)11-6-9;/h7,9,12H,3-5,10H2,1-2H3;1H. The summed E-state index contributed by atoms with van der Waals surface area (Å²) in [4.78, 5) is 3.66. The van der Waals surface area contributed by atoms with Gasteiger partial charge in [0.25, 0.3) is 0 Å². The molecule has 0 saturated carbocycles. The van der Waals surface area contributed by atoms with Crippen molar-refractivity contribution in [1.29, 1.82) is 5.41 Å². The molecule has 0 aliphatic carbocycles. The van der Waals surface area contributed by atoms with Crippen molar-refractivity contribution < 1.29 is 5.11 Å². The third-order valence-electron chi connectivity index (χ3n) is 1.58. The van der Waals surface area contributed by atoms with E-state index in [2.05, 4.69) is 4.99 Å². The normalized spacial score (nSPS) is 12.6. The Morgan fingerprint density at radius 2 is 2.15 bits per heavy atom. The number of hydrogen-bond acceptors (Lipinski definition) is 4. The number of halogens is 1. The van der Waals surface area contributed by atoms with E-state index in [0.717, 1.165) is 6.42 Å². The summed E-state index contributed by atoms with van der Waals surface area (Å²) in [7, 11) is 0. The number of rotatable bonds is 5. The Labute approximate surface area is 85.2 Å². The lowest BCUT2D eigenvalue weighted by molar-refractivity contribution is 0.253. The zero-order valence-electron chi connectivity index (χ0n) is 8.08. The van der Waals surface area contributed by atoms with Gasteiger partial charge in [-0.05, 0) is 26.7 Å². The van der Waals surface area contributed by atoms with E-state index in [-0.39, 0.29) is 30.6 Å². The minimum Gasteiger partial charge on any atom is -0.394 e. The summed E-state index contributed by atoms with van der Waals surface area (Å²) in [6, 6.07) is 1.71. The number of hydrogen-bond donors (Lipinski definition) is 3. The molecular weight excluding hydrogens is 190 g/mol. The fourth-order valence-corrected chi connectivity index (χ4v) is 0.827. The number of nitrogens with two attached hydrogens (primary N) is 1. The summed E-state index contributed by atoms with van der Waals surface area (Å²) in [6.45, 7) is 3.81. The molecule has 1 unspecified atom stereocenters. The van der Waals surface area contributed by atoms with E-state index >= 15 is 0 Å². The van der Waals surface area contributed by atoms with Crippen molar-refractivity contribution >= 4 is 18.4 Å². The summed E-state index contributed by atoms with van der Waals surface area (Å²) in [6.07, 6.45) is 1.48. The Kier molecular flexibility index (Phi) is 8.16. The summed E-state index contributed by atoms with van der Waals surface area (Å²) in [5.41, 5.74) is 5.51. The third kappa shape index (κ3) is 9.50. The van der Waals surface area contributed by atoms with Crippen LogP contribution in [-0.4, -0.2) is 29.3 Å². The highest BCUT2D eigenvalue weighted by atomic mass is 35.5. The highest BCUT2D eigenvalue weighted by Crippen LogP contribution is 2.10. The molecule has 0 aliphatic rings. The predicted molar refractivity (Wildman–Crippen MR) is 55.8 cm³/mol. The largest absolute Gasteiger partial charge is 0.394 e. The molecule has 0 radical (unpaired) electrons. The molecule has 0 aromatic rings. The molecular formula is C8H18ClN3O. The molecule has 0 bridgehead atoms. The Morgan fingerprint density at radius 1 is 1.62 bits per heavy atom. The van der Waals surface area contributed by atoms with Crippen LogP contribution in [0.4, 0.5) is 0 Å². The average molecular weight is 208 g/mol. The van der Waals surface area contributed by atoms with Crippen LogP contribution in [0.2, 0.25) is 0 Å². The number of aliphatic imine (C=N–C) groups is 1. The highest BCUT2D eigenvalue weighted by molar-refractivity contribution is 5.85. The molecule has 4 nitrogen and oxygen atoms in total. The molecule has 0 aromatic carbocycles. The summed E-state index contributed by atoms with van der Waals surface area (Å²) < 4.78 is 0. The van der Waals surface area contributed by atoms with Crippen molar-refractivity contribution in [3.05, 3.63) is 0 Å². The lowest BCUT2D eigenvalue weighted by atomic mass is 9.97. The van der Waals surface area contributed by atoms with Gasteiger partial charge in [-0.2, -0.15) is 0 Å². The van der Waals surface area contributed by atoms with Crippen LogP contribution < -0.4 is 5.73 Å². The van der Waals surface area contributed by atoms with E-state index < -0.39 is 0 Å². The van der Waals surface area contributed by atoms with E-state index in [4.69, 9.17) is 16.2 Å². The van der Waals surface area contributed by atoms with Crippen molar-refractivity contribution in [3.63, 3.8) is 0 Å². The number of aliphatic hydroxyl groups is 1. The topological polar surface area (TPSA) is 82.5 Å². The second kappa shape index (κ2) is 7.04. The first kappa shape index (κ1) is 15.1. The fourth-order valence-electron chi connectivity index (χ4n) is 0.827. The van der Waals surface area contributed by atoms with Crippen molar-refractivity contribution in [2.45, 2.75) is 38.3 Å². The molecule has 0 spiro atoms. The van der Waals surface area contributed by atoms with Crippen LogP contribution in [-0.2, 0) is 0 Å². The van der Waals surface area contributed by atoms with E-state index in [9.17, 15) is 0 Å². The van der Waals surface area contributed by atoms with Crippen molar-refractivity contribution in [3.8, 4) is 0 Å². The molecule has 0 heterocycles. The van der Waals surface area contributed by atoms with Crippen LogP contribution in [0.15, 0.2) is 4.99 Å². The molecule has 0 fully saturated rings. The van der Waals surface area contributed by atoms with Gasteiger partial charge in [-0.3, -0.25) is 0 Å². The summed E-state index contributed by atoms with van der Waals surface area (Å²) in [5.74, 6) is 0.